The number of hydrogen-bond acceptors (Lipinski definition) is 5. The number of aromatic hydroxyl groups is 1. The number of allylic oxidation sites excluding steroid dienone is 2. The quantitative estimate of drug-likeness (QED) is 0.514. The number of para-hydroxylation sites is 1. The topological polar surface area (TPSA) is 81.7 Å². The van der Waals surface area contributed by atoms with Crippen molar-refractivity contribution in [3.05, 3.63) is 35.2 Å². The molecule has 0 bridgehead atoms. The number of nitrogens with one attached hydrogen (secondary N) is 2. The van der Waals surface area contributed by atoms with E-state index in [1.165, 1.54) is 17.7 Å². The zero-order valence-electron chi connectivity index (χ0n) is 18.5. The number of benzene rings is 1. The maximum absolute atomic E-state index is 12.5. The molecule has 1 aliphatic rings. The maximum atomic E-state index is 12.5. The molecule has 2 rings (SSSR count). The Balaban J connectivity index is 2.20. The number of carbonyl (C=O) groups excluding carboxylic acids is 2. The Kier molecular flexibility index (Phi) is 7.71. The van der Waals surface area contributed by atoms with E-state index in [1.807, 2.05) is 6.92 Å². The smallest absolute Gasteiger partial charge is 0.257 e. The second-order valence-corrected chi connectivity index (χ2v) is 8.24. The minimum atomic E-state index is -0.290. The van der Waals surface area contributed by atoms with Gasteiger partial charge in [0.05, 0.1) is 17.2 Å². The number of Topliss-reactive ketones (excluding diaryl/α,β-unsaturated/α-hetero) is 1. The molecule has 1 aliphatic carbocycles. The zero-order valence-corrected chi connectivity index (χ0v) is 18.5. The largest absolute Gasteiger partial charge is 0.505 e. The fraction of sp³-hybridized carbons (Fsp3) is 0.565. The fourth-order valence-corrected chi connectivity index (χ4v) is 3.86. The van der Waals surface area contributed by atoms with Gasteiger partial charge in [-0.3, -0.25) is 9.59 Å². The van der Waals surface area contributed by atoms with Gasteiger partial charge in [-0.15, -0.1) is 0 Å². The summed E-state index contributed by atoms with van der Waals surface area (Å²) in [6.45, 7) is 8.46. The molecule has 6 heteroatoms. The van der Waals surface area contributed by atoms with Gasteiger partial charge in [-0.1, -0.05) is 39.2 Å². The minimum absolute atomic E-state index is 0.00374. The van der Waals surface area contributed by atoms with Gasteiger partial charge in [-0.2, -0.15) is 0 Å². The van der Waals surface area contributed by atoms with Gasteiger partial charge < -0.3 is 20.6 Å². The summed E-state index contributed by atoms with van der Waals surface area (Å²) in [6.07, 6.45) is 4.60. The third kappa shape index (κ3) is 5.11. The minimum Gasteiger partial charge on any atom is -0.505 e. The molecule has 0 fully saturated rings. The lowest BCUT2D eigenvalue weighted by Gasteiger charge is -2.34. The van der Waals surface area contributed by atoms with Crippen molar-refractivity contribution in [2.45, 2.75) is 59.4 Å². The first-order valence-electron chi connectivity index (χ1n) is 10.6. The Morgan fingerprint density at radius 1 is 1.28 bits per heavy atom. The molecular weight excluding hydrogens is 366 g/mol. The Hall–Kier alpha value is -2.50. The number of phenolic OH excluding ortho intramolecular Hbond substituents is 1. The van der Waals surface area contributed by atoms with Crippen LogP contribution >= 0.6 is 0 Å². The molecule has 0 saturated carbocycles. The first-order valence-corrected chi connectivity index (χ1v) is 10.6. The molecule has 3 N–H and O–H groups in total. The summed E-state index contributed by atoms with van der Waals surface area (Å²) < 4.78 is 0. The normalized spacial score (nSPS) is 18.1. The van der Waals surface area contributed by atoms with E-state index in [1.54, 1.807) is 32.3 Å². The van der Waals surface area contributed by atoms with Gasteiger partial charge in [0.1, 0.15) is 5.70 Å². The lowest BCUT2D eigenvalue weighted by atomic mass is 9.85. The lowest BCUT2D eigenvalue weighted by molar-refractivity contribution is -0.120. The van der Waals surface area contributed by atoms with Gasteiger partial charge in [0.25, 0.3) is 5.91 Å². The first-order chi connectivity index (χ1) is 13.7. The van der Waals surface area contributed by atoms with Crippen LogP contribution in [0.1, 0.15) is 63.7 Å². The molecule has 3 atom stereocenters. The molecule has 0 radical (unpaired) electrons. The van der Waals surface area contributed by atoms with Crippen LogP contribution < -0.4 is 10.6 Å². The summed E-state index contributed by atoms with van der Waals surface area (Å²) >= 11 is 0. The zero-order chi connectivity index (χ0) is 21.7. The Labute approximate surface area is 174 Å². The molecule has 2 unspecified atom stereocenters. The molecule has 1 aromatic rings. The van der Waals surface area contributed by atoms with Crippen LogP contribution in [0.5, 0.6) is 5.75 Å². The van der Waals surface area contributed by atoms with Crippen LogP contribution in [0, 0.1) is 11.8 Å². The van der Waals surface area contributed by atoms with Crippen molar-refractivity contribution >= 4 is 17.4 Å². The van der Waals surface area contributed by atoms with Crippen molar-refractivity contribution in [1.82, 2.24) is 10.2 Å². The van der Waals surface area contributed by atoms with E-state index in [0.29, 0.717) is 17.3 Å². The molecule has 0 heterocycles. The van der Waals surface area contributed by atoms with Gasteiger partial charge in [0.2, 0.25) is 0 Å². The summed E-state index contributed by atoms with van der Waals surface area (Å²) in [5.74, 6) is 0.0433. The van der Waals surface area contributed by atoms with Crippen LogP contribution in [-0.4, -0.2) is 41.8 Å². The summed E-state index contributed by atoms with van der Waals surface area (Å²) in [5.41, 5.74) is 1.90. The average molecular weight is 402 g/mol. The summed E-state index contributed by atoms with van der Waals surface area (Å²) in [6, 6.07) is 5.19. The number of amides is 1. The number of anilines is 1. The molecule has 160 valence electrons. The van der Waals surface area contributed by atoms with Crippen molar-refractivity contribution in [2.24, 2.45) is 11.8 Å². The van der Waals surface area contributed by atoms with Crippen LogP contribution in [-0.2, 0) is 4.79 Å². The van der Waals surface area contributed by atoms with Crippen LogP contribution in [0.4, 0.5) is 5.69 Å². The second kappa shape index (κ2) is 9.81. The third-order valence-corrected chi connectivity index (χ3v) is 5.64. The summed E-state index contributed by atoms with van der Waals surface area (Å²) in [7, 11) is 3.26. The van der Waals surface area contributed by atoms with Gasteiger partial charge in [-0.05, 0) is 38.3 Å². The lowest BCUT2D eigenvalue weighted by Crippen LogP contribution is -2.43. The van der Waals surface area contributed by atoms with Crippen LogP contribution in [0.25, 0.3) is 0 Å². The molecule has 29 heavy (non-hydrogen) atoms. The summed E-state index contributed by atoms with van der Waals surface area (Å²) in [5, 5.41) is 17.1. The second-order valence-electron chi connectivity index (χ2n) is 8.24. The summed E-state index contributed by atoms with van der Waals surface area (Å²) in [4.78, 5) is 26.1. The van der Waals surface area contributed by atoms with Crippen molar-refractivity contribution in [3.63, 3.8) is 0 Å². The van der Waals surface area contributed by atoms with Gasteiger partial charge in [0.15, 0.2) is 11.5 Å². The maximum Gasteiger partial charge on any atom is 0.257 e. The van der Waals surface area contributed by atoms with E-state index >= 15 is 0 Å². The average Bonchev–Trinajstić information content (AvgIpc) is 2.70. The predicted octanol–water partition coefficient (Wildman–Crippen LogP) is 4.13. The molecule has 0 spiro atoms. The standard InChI is InChI=1S/C23H35N3O3/c1-7-10-16(8-2)13-14(3)24-19-15(4)21(27)20(19)25-18-12-9-11-17(22(18)28)23(29)26(5)6/h9,11-12,14-16,24-25,28H,7-8,10,13H2,1-6H3/t14-,15?,16?/m1/s1. The molecule has 1 amide bonds. The highest BCUT2D eigenvalue weighted by Gasteiger charge is 2.37. The highest BCUT2D eigenvalue weighted by molar-refractivity contribution is 6.09. The SMILES string of the molecule is CCCC(CC)C[C@@H](C)NC1=C(Nc2cccc(C(=O)N(C)C)c2O)C(=O)C1C. The van der Waals surface area contributed by atoms with E-state index in [4.69, 9.17) is 0 Å². The van der Waals surface area contributed by atoms with Crippen LogP contribution in [0.2, 0.25) is 0 Å². The van der Waals surface area contributed by atoms with Crippen molar-refractivity contribution in [1.29, 1.82) is 0 Å². The van der Waals surface area contributed by atoms with Gasteiger partial charge in [0, 0.05) is 25.8 Å². The number of rotatable bonds is 10. The van der Waals surface area contributed by atoms with Crippen LogP contribution in [0.3, 0.4) is 0 Å². The monoisotopic (exact) mass is 401 g/mol. The van der Waals surface area contributed by atoms with E-state index in [0.717, 1.165) is 18.5 Å². The van der Waals surface area contributed by atoms with Crippen LogP contribution in [0.15, 0.2) is 29.6 Å². The molecule has 0 saturated heterocycles. The molecule has 0 aromatic heterocycles. The highest BCUT2D eigenvalue weighted by atomic mass is 16.3. The molecule has 1 aromatic carbocycles. The fourth-order valence-electron chi connectivity index (χ4n) is 3.86. The van der Waals surface area contributed by atoms with Crippen molar-refractivity contribution in [2.75, 3.05) is 19.4 Å². The molecule has 6 nitrogen and oxygen atoms in total. The Morgan fingerprint density at radius 2 is 1.97 bits per heavy atom. The highest BCUT2D eigenvalue weighted by Crippen LogP contribution is 2.35. The molecular formula is C23H35N3O3. The van der Waals surface area contributed by atoms with Gasteiger partial charge in [-0.25, -0.2) is 0 Å². The Bertz CT molecular complexity index is 786. The number of ketones is 1. The van der Waals surface area contributed by atoms with E-state index < -0.39 is 0 Å². The number of phenols is 1. The van der Waals surface area contributed by atoms with Gasteiger partial charge >= 0.3 is 0 Å². The van der Waals surface area contributed by atoms with Crippen molar-refractivity contribution in [3.8, 4) is 5.75 Å². The van der Waals surface area contributed by atoms with E-state index in [9.17, 15) is 14.7 Å². The third-order valence-electron chi connectivity index (χ3n) is 5.64. The van der Waals surface area contributed by atoms with E-state index in [-0.39, 0.29) is 35.0 Å². The predicted molar refractivity (Wildman–Crippen MR) is 117 cm³/mol. The first kappa shape index (κ1) is 22.8. The number of nitrogens with zero attached hydrogens (tertiary/aromatic N) is 1. The molecule has 0 aliphatic heterocycles. The van der Waals surface area contributed by atoms with E-state index in [2.05, 4.69) is 31.4 Å². The number of hydrogen-bond donors (Lipinski definition) is 3. The van der Waals surface area contributed by atoms with Crippen molar-refractivity contribution < 1.29 is 14.7 Å². The number of carbonyl (C=O) groups is 2. The Morgan fingerprint density at radius 3 is 2.55 bits per heavy atom.